The Bertz CT molecular complexity index is 416. The first-order valence-corrected chi connectivity index (χ1v) is 7.33. The van der Waals surface area contributed by atoms with Crippen molar-refractivity contribution in [1.82, 2.24) is 0 Å². The van der Waals surface area contributed by atoms with Crippen LogP contribution in [-0.4, -0.2) is 12.6 Å². The lowest BCUT2D eigenvalue weighted by molar-refractivity contribution is 0.357. The summed E-state index contributed by atoms with van der Waals surface area (Å²) in [5.41, 5.74) is 2.64. The monoisotopic (exact) mass is 245 g/mol. The molecule has 0 bridgehead atoms. The van der Waals surface area contributed by atoms with Crippen molar-refractivity contribution in [2.24, 2.45) is 5.92 Å². The fraction of sp³-hybridized carbons (Fsp3) is 0.625. The number of rotatable bonds is 2. The number of ether oxygens (including phenoxy) is 1. The average Bonchev–Trinajstić information content (AvgIpc) is 2.74. The minimum absolute atomic E-state index is 0.662. The summed E-state index contributed by atoms with van der Waals surface area (Å²) in [5.74, 6) is 1.99. The molecular formula is C16H23NO. The van der Waals surface area contributed by atoms with Crippen LogP contribution in [0.15, 0.2) is 18.2 Å². The molecule has 1 fully saturated rings. The van der Waals surface area contributed by atoms with Gasteiger partial charge in [0.25, 0.3) is 0 Å². The van der Waals surface area contributed by atoms with Crippen LogP contribution >= 0.6 is 0 Å². The maximum atomic E-state index is 5.55. The van der Waals surface area contributed by atoms with Crippen LogP contribution in [0.2, 0.25) is 0 Å². The highest BCUT2D eigenvalue weighted by atomic mass is 16.5. The van der Waals surface area contributed by atoms with Crippen LogP contribution in [-0.2, 0) is 6.42 Å². The largest absolute Gasteiger partial charge is 0.493 e. The van der Waals surface area contributed by atoms with Crippen molar-refractivity contribution in [2.75, 3.05) is 11.9 Å². The third-order valence-electron chi connectivity index (χ3n) is 4.32. The molecule has 1 saturated carbocycles. The lowest BCUT2D eigenvalue weighted by Gasteiger charge is -2.18. The minimum Gasteiger partial charge on any atom is -0.493 e. The zero-order chi connectivity index (χ0) is 12.4. The lowest BCUT2D eigenvalue weighted by Crippen LogP contribution is -2.18. The highest BCUT2D eigenvalue weighted by Gasteiger charge is 2.17. The molecule has 2 unspecified atom stereocenters. The van der Waals surface area contributed by atoms with Crippen molar-refractivity contribution in [1.29, 1.82) is 0 Å². The maximum Gasteiger partial charge on any atom is 0.122 e. The molecule has 2 aliphatic rings. The van der Waals surface area contributed by atoms with Crippen molar-refractivity contribution in [3.05, 3.63) is 23.8 Å². The predicted molar refractivity (Wildman–Crippen MR) is 75.3 cm³/mol. The second-order valence-electron chi connectivity index (χ2n) is 5.88. The Balaban J connectivity index is 1.65. The zero-order valence-electron chi connectivity index (χ0n) is 11.2. The molecule has 0 saturated heterocycles. The summed E-state index contributed by atoms with van der Waals surface area (Å²) in [7, 11) is 0. The highest BCUT2D eigenvalue weighted by Crippen LogP contribution is 2.30. The van der Waals surface area contributed by atoms with E-state index >= 15 is 0 Å². The van der Waals surface area contributed by atoms with Crippen LogP contribution in [0.3, 0.4) is 0 Å². The van der Waals surface area contributed by atoms with Gasteiger partial charge >= 0.3 is 0 Å². The van der Waals surface area contributed by atoms with Crippen molar-refractivity contribution in [3.8, 4) is 5.75 Å². The predicted octanol–water partition coefficient (Wildman–Crippen LogP) is 4.00. The molecule has 1 aromatic carbocycles. The standard InChI is InChI=1S/C16H23NO/c1-12-3-2-4-14(6-5-12)17-15-7-8-16-13(11-15)9-10-18-16/h7-8,11-12,14,17H,2-6,9-10H2,1H3. The molecule has 1 aliphatic heterocycles. The quantitative estimate of drug-likeness (QED) is 0.795. The number of fused-ring (bicyclic) bond motifs is 1. The van der Waals surface area contributed by atoms with Gasteiger partial charge in [-0.15, -0.1) is 0 Å². The van der Waals surface area contributed by atoms with E-state index in [1.807, 2.05) is 0 Å². The van der Waals surface area contributed by atoms with Crippen LogP contribution in [0.1, 0.15) is 44.6 Å². The summed E-state index contributed by atoms with van der Waals surface area (Å²) in [6, 6.07) is 7.22. The molecule has 0 radical (unpaired) electrons. The van der Waals surface area contributed by atoms with E-state index in [1.165, 1.54) is 43.4 Å². The van der Waals surface area contributed by atoms with Gasteiger partial charge in [-0.1, -0.05) is 19.8 Å². The van der Waals surface area contributed by atoms with Crippen molar-refractivity contribution in [3.63, 3.8) is 0 Å². The van der Waals surface area contributed by atoms with Gasteiger partial charge in [0.15, 0.2) is 0 Å². The van der Waals surface area contributed by atoms with Crippen LogP contribution in [0.25, 0.3) is 0 Å². The fourth-order valence-electron chi connectivity index (χ4n) is 3.14. The molecule has 2 atom stereocenters. The van der Waals surface area contributed by atoms with Gasteiger partial charge in [0, 0.05) is 18.2 Å². The Labute approximate surface area is 110 Å². The molecule has 1 N–H and O–H groups in total. The van der Waals surface area contributed by atoms with E-state index in [1.54, 1.807) is 0 Å². The minimum atomic E-state index is 0.662. The molecule has 2 heteroatoms. The third kappa shape index (κ3) is 2.63. The van der Waals surface area contributed by atoms with Crippen molar-refractivity contribution < 1.29 is 4.74 Å². The highest BCUT2D eigenvalue weighted by molar-refractivity contribution is 5.52. The van der Waals surface area contributed by atoms with Gasteiger partial charge in [-0.05, 0) is 48.9 Å². The normalized spacial score (nSPS) is 27.2. The van der Waals surface area contributed by atoms with Gasteiger partial charge in [-0.3, -0.25) is 0 Å². The van der Waals surface area contributed by atoms with Gasteiger partial charge in [0.2, 0.25) is 0 Å². The fourth-order valence-corrected chi connectivity index (χ4v) is 3.14. The van der Waals surface area contributed by atoms with Crippen LogP contribution in [0.5, 0.6) is 5.75 Å². The van der Waals surface area contributed by atoms with E-state index in [0.29, 0.717) is 6.04 Å². The number of nitrogens with one attached hydrogen (secondary N) is 1. The number of hydrogen-bond donors (Lipinski definition) is 1. The van der Waals surface area contributed by atoms with E-state index in [-0.39, 0.29) is 0 Å². The molecular weight excluding hydrogens is 222 g/mol. The molecule has 98 valence electrons. The topological polar surface area (TPSA) is 21.3 Å². The first kappa shape index (κ1) is 11.9. The van der Waals surface area contributed by atoms with E-state index in [2.05, 4.69) is 30.4 Å². The van der Waals surface area contributed by atoms with E-state index in [9.17, 15) is 0 Å². The van der Waals surface area contributed by atoms with Gasteiger partial charge < -0.3 is 10.1 Å². The third-order valence-corrected chi connectivity index (χ3v) is 4.32. The molecule has 0 aromatic heterocycles. The van der Waals surface area contributed by atoms with E-state index in [4.69, 9.17) is 4.74 Å². The summed E-state index contributed by atoms with van der Waals surface area (Å²) in [6.07, 6.45) is 7.83. The van der Waals surface area contributed by atoms with Gasteiger partial charge in [-0.25, -0.2) is 0 Å². The van der Waals surface area contributed by atoms with Gasteiger partial charge in [0.05, 0.1) is 6.61 Å². The van der Waals surface area contributed by atoms with Gasteiger partial charge in [0.1, 0.15) is 5.75 Å². The molecule has 1 aromatic rings. The molecule has 1 aliphatic carbocycles. The molecule has 0 amide bonds. The first-order valence-electron chi connectivity index (χ1n) is 7.33. The Kier molecular flexibility index (Phi) is 3.44. The second-order valence-corrected chi connectivity index (χ2v) is 5.88. The SMILES string of the molecule is CC1CCCC(Nc2ccc3c(c2)CCO3)CC1. The summed E-state index contributed by atoms with van der Waals surface area (Å²) < 4.78 is 5.55. The smallest absolute Gasteiger partial charge is 0.122 e. The summed E-state index contributed by atoms with van der Waals surface area (Å²) >= 11 is 0. The summed E-state index contributed by atoms with van der Waals surface area (Å²) in [5, 5.41) is 3.72. The first-order chi connectivity index (χ1) is 8.81. The number of anilines is 1. The van der Waals surface area contributed by atoms with E-state index in [0.717, 1.165) is 24.7 Å². The van der Waals surface area contributed by atoms with Crippen molar-refractivity contribution in [2.45, 2.75) is 51.5 Å². The average molecular weight is 245 g/mol. The van der Waals surface area contributed by atoms with Crippen LogP contribution in [0, 0.1) is 5.92 Å². The molecule has 1 heterocycles. The van der Waals surface area contributed by atoms with Crippen LogP contribution < -0.4 is 10.1 Å². The van der Waals surface area contributed by atoms with Gasteiger partial charge in [-0.2, -0.15) is 0 Å². The number of hydrogen-bond acceptors (Lipinski definition) is 2. The zero-order valence-corrected chi connectivity index (χ0v) is 11.2. The Morgan fingerprint density at radius 2 is 2.11 bits per heavy atom. The second kappa shape index (κ2) is 5.21. The molecule has 0 spiro atoms. The molecule has 2 nitrogen and oxygen atoms in total. The van der Waals surface area contributed by atoms with Crippen LogP contribution in [0.4, 0.5) is 5.69 Å². The molecule has 3 rings (SSSR count). The Hall–Kier alpha value is -1.18. The molecule has 18 heavy (non-hydrogen) atoms. The maximum absolute atomic E-state index is 5.55. The lowest BCUT2D eigenvalue weighted by atomic mass is 10.0. The van der Waals surface area contributed by atoms with Crippen molar-refractivity contribution >= 4 is 5.69 Å². The number of benzene rings is 1. The Morgan fingerprint density at radius 3 is 3.06 bits per heavy atom. The summed E-state index contributed by atoms with van der Waals surface area (Å²) in [6.45, 7) is 3.23. The Morgan fingerprint density at radius 1 is 1.17 bits per heavy atom. The summed E-state index contributed by atoms with van der Waals surface area (Å²) in [4.78, 5) is 0. The van der Waals surface area contributed by atoms with E-state index < -0.39 is 0 Å².